The molecule has 0 saturated carbocycles. The first-order chi connectivity index (χ1) is 14.5. The number of anilines is 1. The number of para-hydroxylation sites is 1. The lowest BCUT2D eigenvalue weighted by Crippen LogP contribution is -2.48. The van der Waals surface area contributed by atoms with Gasteiger partial charge in [0, 0.05) is 30.6 Å². The third-order valence-electron chi connectivity index (χ3n) is 6.08. The predicted octanol–water partition coefficient (Wildman–Crippen LogP) is 2.30. The van der Waals surface area contributed by atoms with Gasteiger partial charge in [-0.25, -0.2) is 0 Å². The van der Waals surface area contributed by atoms with E-state index in [-0.39, 0.29) is 28.4 Å². The number of thioether (sulfide) groups is 1. The highest BCUT2D eigenvalue weighted by molar-refractivity contribution is 8.01. The van der Waals surface area contributed by atoms with Crippen LogP contribution >= 0.6 is 11.8 Å². The van der Waals surface area contributed by atoms with Gasteiger partial charge < -0.3 is 24.3 Å². The Labute approximate surface area is 177 Å². The fraction of sp³-hybridized carbons (Fsp3) is 0.476. The second kappa shape index (κ2) is 7.31. The van der Waals surface area contributed by atoms with E-state index < -0.39 is 6.04 Å². The van der Waals surface area contributed by atoms with E-state index in [1.54, 1.807) is 27.6 Å². The van der Waals surface area contributed by atoms with Gasteiger partial charge in [0.25, 0.3) is 5.91 Å². The fourth-order valence-electron chi connectivity index (χ4n) is 4.45. The Morgan fingerprint density at radius 3 is 2.80 bits per heavy atom. The van der Waals surface area contributed by atoms with Crippen molar-refractivity contribution in [1.29, 1.82) is 0 Å². The number of benzene rings is 1. The predicted molar refractivity (Wildman–Crippen MR) is 112 cm³/mol. The molecule has 1 aromatic heterocycles. The van der Waals surface area contributed by atoms with Gasteiger partial charge in [0.1, 0.15) is 17.3 Å². The Morgan fingerprint density at radius 1 is 1.23 bits per heavy atom. The first-order valence-electron chi connectivity index (χ1n) is 10.1. The summed E-state index contributed by atoms with van der Waals surface area (Å²) in [4.78, 5) is 41.8. The van der Waals surface area contributed by atoms with Crippen molar-refractivity contribution >= 4 is 46.1 Å². The second-order valence-electron chi connectivity index (χ2n) is 7.96. The molecule has 0 unspecified atom stereocenters. The molecule has 3 aliphatic rings. The maximum absolute atomic E-state index is 13.2. The van der Waals surface area contributed by atoms with Gasteiger partial charge in [-0.2, -0.15) is 0 Å². The van der Waals surface area contributed by atoms with Crippen molar-refractivity contribution in [2.75, 3.05) is 37.4 Å². The van der Waals surface area contributed by atoms with Crippen LogP contribution < -0.4 is 5.32 Å². The number of furan rings is 1. The minimum Gasteiger partial charge on any atom is -0.449 e. The number of hydrogen-bond donors (Lipinski definition) is 1. The number of ether oxygens (including phenoxy) is 1. The van der Waals surface area contributed by atoms with Gasteiger partial charge in [-0.3, -0.25) is 14.4 Å². The van der Waals surface area contributed by atoms with E-state index in [0.717, 1.165) is 6.42 Å². The quantitative estimate of drug-likeness (QED) is 0.805. The van der Waals surface area contributed by atoms with E-state index in [4.69, 9.17) is 9.15 Å². The number of carbonyl (C=O) groups excluding carboxylic acids is 3. The average Bonchev–Trinajstić information content (AvgIpc) is 3.39. The summed E-state index contributed by atoms with van der Waals surface area (Å²) in [5, 5.41) is 3.60. The number of nitrogens with zero attached hydrogens (tertiary/aromatic N) is 2. The topological polar surface area (TPSA) is 92.1 Å². The monoisotopic (exact) mass is 429 g/mol. The number of fused-ring (bicyclic) bond motifs is 2. The molecule has 2 atom stereocenters. The molecule has 3 aliphatic heterocycles. The van der Waals surface area contributed by atoms with Crippen molar-refractivity contribution in [2.24, 2.45) is 0 Å². The zero-order chi connectivity index (χ0) is 20.9. The first-order valence-corrected chi connectivity index (χ1v) is 11.1. The maximum atomic E-state index is 13.2. The molecular weight excluding hydrogens is 406 g/mol. The molecule has 3 fully saturated rings. The summed E-state index contributed by atoms with van der Waals surface area (Å²) < 4.78 is 11.2. The summed E-state index contributed by atoms with van der Waals surface area (Å²) in [6.07, 6.45) is 1.21. The Hall–Kier alpha value is -2.52. The normalized spacial score (nSPS) is 26.3. The van der Waals surface area contributed by atoms with E-state index >= 15 is 0 Å². The SMILES string of the molecule is C[C@]12CCC(=O)N1[C@H](C(=O)Nc1c(C(=O)N3CCOCC3)oc3ccccc13)CS2. The van der Waals surface area contributed by atoms with Crippen LogP contribution in [-0.2, 0) is 14.3 Å². The lowest BCUT2D eigenvalue weighted by Gasteiger charge is -2.30. The smallest absolute Gasteiger partial charge is 0.291 e. The minimum atomic E-state index is -0.560. The molecule has 1 N–H and O–H groups in total. The van der Waals surface area contributed by atoms with Crippen molar-refractivity contribution in [3.63, 3.8) is 0 Å². The van der Waals surface area contributed by atoms with E-state index in [9.17, 15) is 14.4 Å². The number of carbonyl (C=O) groups is 3. The molecule has 0 radical (unpaired) electrons. The molecule has 3 amide bonds. The Morgan fingerprint density at radius 2 is 2.00 bits per heavy atom. The molecule has 9 heteroatoms. The number of morpholine rings is 1. The molecule has 1 aromatic carbocycles. The highest BCUT2D eigenvalue weighted by Gasteiger charge is 2.53. The number of amides is 3. The van der Waals surface area contributed by atoms with Crippen LogP contribution in [0.1, 0.15) is 30.3 Å². The molecular formula is C21H23N3O5S. The average molecular weight is 429 g/mol. The number of nitrogens with one attached hydrogen (secondary N) is 1. The molecule has 3 saturated heterocycles. The van der Waals surface area contributed by atoms with Crippen LogP contribution in [0.3, 0.4) is 0 Å². The second-order valence-corrected chi connectivity index (χ2v) is 9.46. The van der Waals surface area contributed by atoms with Crippen LogP contribution in [0.4, 0.5) is 5.69 Å². The highest BCUT2D eigenvalue weighted by atomic mass is 32.2. The van der Waals surface area contributed by atoms with Crippen molar-refractivity contribution < 1.29 is 23.5 Å². The molecule has 0 aliphatic carbocycles. The third-order valence-corrected chi connectivity index (χ3v) is 7.59. The Bertz CT molecular complexity index is 1030. The van der Waals surface area contributed by atoms with Crippen LogP contribution in [-0.4, -0.2) is 70.5 Å². The molecule has 30 heavy (non-hydrogen) atoms. The molecule has 0 bridgehead atoms. The number of hydrogen-bond acceptors (Lipinski definition) is 6. The summed E-state index contributed by atoms with van der Waals surface area (Å²) in [6.45, 7) is 3.91. The van der Waals surface area contributed by atoms with Crippen molar-refractivity contribution in [2.45, 2.75) is 30.7 Å². The van der Waals surface area contributed by atoms with Gasteiger partial charge in [0.15, 0.2) is 0 Å². The molecule has 158 valence electrons. The van der Waals surface area contributed by atoms with Gasteiger partial charge in [-0.15, -0.1) is 11.8 Å². The van der Waals surface area contributed by atoms with Crippen molar-refractivity contribution in [3.8, 4) is 0 Å². The Balaban J connectivity index is 1.47. The number of rotatable bonds is 3. The largest absolute Gasteiger partial charge is 0.449 e. The lowest BCUT2D eigenvalue weighted by atomic mass is 10.1. The lowest BCUT2D eigenvalue weighted by molar-refractivity contribution is -0.135. The molecule has 5 rings (SSSR count). The summed E-state index contributed by atoms with van der Waals surface area (Å²) in [6, 6.07) is 6.69. The summed E-state index contributed by atoms with van der Waals surface area (Å²) >= 11 is 1.64. The summed E-state index contributed by atoms with van der Waals surface area (Å²) in [5.74, 6) is 0.102. The van der Waals surface area contributed by atoms with Gasteiger partial charge >= 0.3 is 0 Å². The molecule has 8 nitrogen and oxygen atoms in total. The van der Waals surface area contributed by atoms with Gasteiger partial charge in [0.2, 0.25) is 17.6 Å². The van der Waals surface area contributed by atoms with E-state index in [1.807, 2.05) is 25.1 Å². The zero-order valence-electron chi connectivity index (χ0n) is 16.7. The summed E-state index contributed by atoms with van der Waals surface area (Å²) in [5.41, 5.74) is 0.907. The zero-order valence-corrected chi connectivity index (χ0v) is 17.5. The fourth-order valence-corrected chi connectivity index (χ4v) is 5.88. The van der Waals surface area contributed by atoms with Gasteiger partial charge in [0.05, 0.1) is 18.1 Å². The van der Waals surface area contributed by atoms with Crippen LogP contribution in [0.15, 0.2) is 28.7 Å². The van der Waals surface area contributed by atoms with Crippen LogP contribution in [0.5, 0.6) is 0 Å². The van der Waals surface area contributed by atoms with Gasteiger partial charge in [-0.1, -0.05) is 12.1 Å². The van der Waals surface area contributed by atoms with Crippen LogP contribution in [0, 0.1) is 0 Å². The molecule has 4 heterocycles. The Kier molecular flexibility index (Phi) is 4.74. The van der Waals surface area contributed by atoms with Crippen molar-refractivity contribution in [1.82, 2.24) is 9.80 Å². The van der Waals surface area contributed by atoms with Gasteiger partial charge in [-0.05, 0) is 25.5 Å². The van der Waals surface area contributed by atoms with Crippen LogP contribution in [0.2, 0.25) is 0 Å². The summed E-state index contributed by atoms with van der Waals surface area (Å²) in [7, 11) is 0. The maximum Gasteiger partial charge on any atom is 0.291 e. The molecule has 2 aromatic rings. The van der Waals surface area contributed by atoms with E-state index in [1.165, 1.54) is 0 Å². The third kappa shape index (κ3) is 3.07. The van der Waals surface area contributed by atoms with Crippen molar-refractivity contribution in [3.05, 3.63) is 30.0 Å². The van der Waals surface area contributed by atoms with Crippen LogP contribution in [0.25, 0.3) is 11.0 Å². The minimum absolute atomic E-state index is 0.00400. The van der Waals surface area contributed by atoms with E-state index in [2.05, 4.69) is 5.32 Å². The molecule has 0 spiro atoms. The standard InChI is InChI=1S/C21H23N3O5S/c1-21-7-6-16(25)24(21)14(12-30-21)19(26)22-17-13-4-2-3-5-15(13)29-18(17)20(27)23-8-10-28-11-9-23/h2-5,14H,6-12H2,1H3,(H,22,26)/t14-,21-/m0/s1. The van der Waals surface area contributed by atoms with E-state index in [0.29, 0.717) is 55.1 Å². The highest BCUT2D eigenvalue weighted by Crippen LogP contribution is 2.47. The first kappa shape index (κ1) is 19.4.